The molecule has 0 bridgehead atoms. The Labute approximate surface area is 144 Å². The summed E-state index contributed by atoms with van der Waals surface area (Å²) < 4.78 is 13.3. The van der Waals surface area contributed by atoms with Gasteiger partial charge in [0, 0.05) is 28.5 Å². The van der Waals surface area contributed by atoms with Crippen molar-refractivity contribution in [2.45, 2.75) is 6.92 Å². The monoisotopic (exact) mass is 334 g/mol. The summed E-state index contributed by atoms with van der Waals surface area (Å²) in [7, 11) is 0. The molecule has 25 heavy (non-hydrogen) atoms. The highest BCUT2D eigenvalue weighted by atomic mass is 19.1. The quantitative estimate of drug-likeness (QED) is 0.720. The van der Waals surface area contributed by atoms with Crippen LogP contribution in [0.2, 0.25) is 0 Å². The number of carboxylic acids is 1. The highest BCUT2D eigenvalue weighted by molar-refractivity contribution is 5.88. The number of rotatable bonds is 4. The minimum absolute atomic E-state index is 0.347. The smallest absolute Gasteiger partial charge is 0.328 e. The van der Waals surface area contributed by atoms with E-state index < -0.39 is 5.97 Å². The van der Waals surface area contributed by atoms with Crippen molar-refractivity contribution in [2.24, 2.45) is 0 Å². The van der Waals surface area contributed by atoms with E-state index in [1.54, 1.807) is 19.1 Å². The van der Waals surface area contributed by atoms with Crippen LogP contribution in [0, 0.1) is 12.7 Å². The lowest BCUT2D eigenvalue weighted by atomic mass is 10.0. The molecule has 0 spiro atoms. The van der Waals surface area contributed by atoms with E-state index in [0.29, 0.717) is 28.3 Å². The Morgan fingerprint density at radius 3 is 2.32 bits per heavy atom. The second-order valence-corrected chi connectivity index (χ2v) is 5.44. The Morgan fingerprint density at radius 2 is 1.68 bits per heavy atom. The lowest BCUT2D eigenvalue weighted by molar-refractivity contribution is -0.131. The highest BCUT2D eigenvalue weighted by Gasteiger charge is 2.13. The lowest BCUT2D eigenvalue weighted by Gasteiger charge is -2.11. The molecule has 3 aromatic rings. The van der Waals surface area contributed by atoms with Gasteiger partial charge in [0.1, 0.15) is 5.82 Å². The molecule has 0 unspecified atom stereocenters. The summed E-state index contributed by atoms with van der Waals surface area (Å²) >= 11 is 0. The van der Waals surface area contributed by atoms with Crippen LogP contribution < -0.4 is 0 Å². The predicted molar refractivity (Wildman–Crippen MR) is 94.3 cm³/mol. The average Bonchev–Trinajstić information content (AvgIpc) is 2.61. The highest BCUT2D eigenvalue weighted by Crippen LogP contribution is 2.28. The number of aryl methyl sites for hydroxylation is 1. The van der Waals surface area contributed by atoms with Crippen molar-refractivity contribution >= 4 is 12.0 Å². The molecule has 0 amide bonds. The molecule has 0 aliphatic rings. The molecule has 124 valence electrons. The Morgan fingerprint density at radius 1 is 1.00 bits per heavy atom. The van der Waals surface area contributed by atoms with E-state index in [2.05, 4.69) is 9.97 Å². The lowest BCUT2D eigenvalue weighted by Crippen LogP contribution is -2.00. The van der Waals surface area contributed by atoms with Crippen molar-refractivity contribution in [1.82, 2.24) is 9.97 Å². The Balaban J connectivity index is 2.21. The minimum Gasteiger partial charge on any atom is -0.478 e. The maximum Gasteiger partial charge on any atom is 0.328 e. The van der Waals surface area contributed by atoms with Gasteiger partial charge in [-0.1, -0.05) is 30.3 Å². The van der Waals surface area contributed by atoms with Gasteiger partial charge in [0.05, 0.1) is 5.69 Å². The first-order valence-corrected chi connectivity index (χ1v) is 7.65. The third-order valence-electron chi connectivity index (χ3n) is 3.68. The van der Waals surface area contributed by atoms with Crippen molar-refractivity contribution in [3.05, 3.63) is 77.7 Å². The van der Waals surface area contributed by atoms with Gasteiger partial charge in [-0.25, -0.2) is 19.2 Å². The van der Waals surface area contributed by atoms with Gasteiger partial charge in [0.2, 0.25) is 0 Å². The number of carboxylic acid groups (broad SMARTS) is 1. The van der Waals surface area contributed by atoms with Gasteiger partial charge in [0.25, 0.3) is 0 Å². The SMILES string of the molecule is Cc1nc(-c2ccccc2)nc(-c2ccc(F)cc2)c1/C=C/C(=O)O. The maximum atomic E-state index is 13.3. The first-order chi connectivity index (χ1) is 12.0. The van der Waals surface area contributed by atoms with Crippen LogP contribution in [0.4, 0.5) is 4.39 Å². The molecule has 1 N–H and O–H groups in total. The van der Waals surface area contributed by atoms with Gasteiger partial charge < -0.3 is 5.11 Å². The summed E-state index contributed by atoms with van der Waals surface area (Å²) in [5.74, 6) is -0.873. The van der Waals surface area contributed by atoms with Crippen molar-refractivity contribution in [3.63, 3.8) is 0 Å². The minimum atomic E-state index is -1.06. The molecule has 1 heterocycles. The zero-order chi connectivity index (χ0) is 17.8. The summed E-state index contributed by atoms with van der Waals surface area (Å²) in [6.45, 7) is 1.79. The average molecular weight is 334 g/mol. The van der Waals surface area contributed by atoms with E-state index in [0.717, 1.165) is 11.6 Å². The summed E-state index contributed by atoms with van der Waals surface area (Å²) in [4.78, 5) is 20.0. The number of hydrogen-bond acceptors (Lipinski definition) is 3. The molecule has 0 atom stereocenters. The zero-order valence-corrected chi connectivity index (χ0v) is 13.5. The fourth-order valence-electron chi connectivity index (χ4n) is 2.48. The summed E-state index contributed by atoms with van der Waals surface area (Å²) in [6, 6.07) is 15.4. The van der Waals surface area contributed by atoms with Crippen LogP contribution in [0.5, 0.6) is 0 Å². The van der Waals surface area contributed by atoms with Gasteiger partial charge in [-0.2, -0.15) is 0 Å². The van der Waals surface area contributed by atoms with Crippen molar-refractivity contribution in [1.29, 1.82) is 0 Å². The molecule has 4 nitrogen and oxygen atoms in total. The van der Waals surface area contributed by atoms with Crippen molar-refractivity contribution in [2.75, 3.05) is 0 Å². The van der Waals surface area contributed by atoms with Crippen LogP contribution in [0.3, 0.4) is 0 Å². The van der Waals surface area contributed by atoms with Crippen LogP contribution in [0.15, 0.2) is 60.7 Å². The summed E-state index contributed by atoms with van der Waals surface area (Å²) in [5.41, 5.74) is 3.33. The van der Waals surface area contributed by atoms with E-state index in [1.165, 1.54) is 18.2 Å². The first kappa shape index (κ1) is 16.5. The third kappa shape index (κ3) is 3.77. The van der Waals surface area contributed by atoms with Gasteiger partial charge >= 0.3 is 5.97 Å². The normalized spacial score (nSPS) is 11.0. The Hall–Kier alpha value is -3.34. The Kier molecular flexibility index (Phi) is 4.66. The van der Waals surface area contributed by atoms with Gasteiger partial charge in [-0.15, -0.1) is 0 Å². The van der Waals surface area contributed by atoms with E-state index >= 15 is 0 Å². The van der Waals surface area contributed by atoms with Crippen LogP contribution in [-0.4, -0.2) is 21.0 Å². The topological polar surface area (TPSA) is 63.1 Å². The fourth-order valence-corrected chi connectivity index (χ4v) is 2.48. The summed E-state index contributed by atoms with van der Waals surface area (Å²) in [5, 5.41) is 8.92. The number of carbonyl (C=O) groups is 1. The Bertz CT molecular complexity index is 936. The standard InChI is InChI=1S/C20H15FN2O2/c1-13-17(11-12-18(24)25)19(14-7-9-16(21)10-8-14)23-20(22-13)15-5-3-2-4-6-15/h2-12H,1H3,(H,24,25)/b12-11+. The van der Waals surface area contributed by atoms with E-state index in [-0.39, 0.29) is 5.82 Å². The van der Waals surface area contributed by atoms with Crippen LogP contribution in [0.1, 0.15) is 11.3 Å². The molecular weight excluding hydrogens is 319 g/mol. The molecule has 0 aliphatic heterocycles. The third-order valence-corrected chi connectivity index (χ3v) is 3.68. The zero-order valence-electron chi connectivity index (χ0n) is 13.5. The molecule has 5 heteroatoms. The molecule has 2 aromatic carbocycles. The van der Waals surface area contributed by atoms with Crippen molar-refractivity contribution in [3.8, 4) is 22.6 Å². The number of aliphatic carboxylic acids is 1. The number of hydrogen-bond donors (Lipinski definition) is 1. The predicted octanol–water partition coefficient (Wildman–Crippen LogP) is 4.36. The molecule has 3 rings (SSSR count). The summed E-state index contributed by atoms with van der Waals surface area (Å²) in [6.07, 6.45) is 2.51. The van der Waals surface area contributed by atoms with Crippen LogP contribution in [-0.2, 0) is 4.79 Å². The van der Waals surface area contributed by atoms with E-state index in [1.807, 2.05) is 30.3 Å². The van der Waals surface area contributed by atoms with Gasteiger partial charge in [-0.3, -0.25) is 0 Å². The molecule has 1 aromatic heterocycles. The molecule has 0 aliphatic carbocycles. The second kappa shape index (κ2) is 7.05. The number of halogens is 1. The van der Waals surface area contributed by atoms with Crippen LogP contribution in [0.25, 0.3) is 28.7 Å². The molecule has 0 fully saturated rings. The van der Waals surface area contributed by atoms with Crippen molar-refractivity contribution < 1.29 is 14.3 Å². The molecular formula is C20H15FN2O2. The van der Waals surface area contributed by atoms with E-state index in [9.17, 15) is 9.18 Å². The maximum absolute atomic E-state index is 13.3. The van der Waals surface area contributed by atoms with E-state index in [4.69, 9.17) is 5.11 Å². The van der Waals surface area contributed by atoms with Crippen LogP contribution >= 0.6 is 0 Å². The molecule has 0 saturated heterocycles. The van der Waals surface area contributed by atoms with Gasteiger partial charge in [0.15, 0.2) is 5.82 Å². The fraction of sp³-hybridized carbons (Fsp3) is 0.0500. The number of benzene rings is 2. The largest absolute Gasteiger partial charge is 0.478 e. The molecule has 0 saturated carbocycles. The number of nitrogens with zero attached hydrogens (tertiary/aromatic N) is 2. The molecule has 0 radical (unpaired) electrons. The second-order valence-electron chi connectivity index (χ2n) is 5.44. The number of aromatic nitrogens is 2. The van der Waals surface area contributed by atoms with Gasteiger partial charge in [-0.05, 0) is 37.3 Å². The first-order valence-electron chi connectivity index (χ1n) is 7.65.